The number of benzene rings is 1. The van der Waals surface area contributed by atoms with Crippen LogP contribution in [0.2, 0.25) is 0 Å². The van der Waals surface area contributed by atoms with E-state index in [4.69, 9.17) is 0 Å². The summed E-state index contributed by atoms with van der Waals surface area (Å²) in [6, 6.07) is 6.01. The van der Waals surface area contributed by atoms with Crippen LogP contribution in [-0.4, -0.2) is 17.5 Å². The number of thioether (sulfide) groups is 1. The third-order valence-corrected chi connectivity index (χ3v) is 5.13. The largest absolute Gasteiger partial charge is 0.416 e. The monoisotopic (exact) mass is 303 g/mol. The first-order valence-corrected chi connectivity index (χ1v) is 8.16. The van der Waals surface area contributed by atoms with Crippen molar-refractivity contribution >= 4 is 11.8 Å². The van der Waals surface area contributed by atoms with Crippen LogP contribution in [-0.2, 0) is 6.18 Å². The summed E-state index contributed by atoms with van der Waals surface area (Å²) in [7, 11) is 0. The van der Waals surface area contributed by atoms with Crippen molar-refractivity contribution in [2.45, 2.75) is 49.7 Å². The topological polar surface area (TPSA) is 12.0 Å². The smallest absolute Gasteiger partial charge is 0.306 e. The molecule has 1 N–H and O–H groups in total. The van der Waals surface area contributed by atoms with Crippen LogP contribution in [0.1, 0.15) is 43.4 Å². The van der Waals surface area contributed by atoms with E-state index in [1.54, 1.807) is 12.1 Å². The molecular formula is C15H20F3NS. The van der Waals surface area contributed by atoms with Crippen LogP contribution in [0.15, 0.2) is 24.3 Å². The number of alkyl halides is 3. The molecule has 1 aromatic carbocycles. The van der Waals surface area contributed by atoms with Crippen molar-refractivity contribution in [3.63, 3.8) is 0 Å². The Bertz CT molecular complexity index is 430. The number of hydrogen-bond donors (Lipinski definition) is 1. The predicted molar refractivity (Wildman–Crippen MR) is 77.9 cm³/mol. The van der Waals surface area contributed by atoms with Gasteiger partial charge in [0.25, 0.3) is 0 Å². The molecule has 0 spiro atoms. The fourth-order valence-electron chi connectivity index (χ4n) is 2.78. The van der Waals surface area contributed by atoms with E-state index in [1.165, 1.54) is 12.8 Å². The van der Waals surface area contributed by atoms with Gasteiger partial charge in [-0.05, 0) is 43.7 Å². The van der Waals surface area contributed by atoms with E-state index >= 15 is 0 Å². The van der Waals surface area contributed by atoms with Crippen molar-refractivity contribution in [3.8, 4) is 0 Å². The quantitative estimate of drug-likeness (QED) is 0.869. The highest BCUT2D eigenvalue weighted by Crippen LogP contribution is 2.32. The molecule has 3 atom stereocenters. The molecule has 0 amide bonds. The Balaban J connectivity index is 2.00. The van der Waals surface area contributed by atoms with Crippen molar-refractivity contribution in [2.75, 3.05) is 6.26 Å². The van der Waals surface area contributed by atoms with Gasteiger partial charge in [-0.25, -0.2) is 0 Å². The molecule has 1 aliphatic rings. The average Bonchev–Trinajstić information content (AvgIpc) is 2.85. The molecule has 1 saturated carbocycles. The fraction of sp³-hybridized carbons (Fsp3) is 0.600. The second kappa shape index (κ2) is 6.39. The van der Waals surface area contributed by atoms with Gasteiger partial charge >= 0.3 is 6.18 Å². The third kappa shape index (κ3) is 3.70. The summed E-state index contributed by atoms with van der Waals surface area (Å²) in [5.41, 5.74) is 0.320. The van der Waals surface area contributed by atoms with Crippen LogP contribution in [0.4, 0.5) is 13.2 Å². The minimum absolute atomic E-state index is 0.0787. The maximum Gasteiger partial charge on any atom is 0.416 e. The predicted octanol–water partition coefficient (Wildman–Crippen LogP) is 4.64. The van der Waals surface area contributed by atoms with Crippen LogP contribution >= 0.6 is 11.8 Å². The molecule has 112 valence electrons. The van der Waals surface area contributed by atoms with Crippen molar-refractivity contribution in [1.29, 1.82) is 0 Å². The van der Waals surface area contributed by atoms with E-state index in [-0.39, 0.29) is 6.04 Å². The zero-order chi connectivity index (χ0) is 14.8. The molecule has 0 aliphatic heterocycles. The molecule has 3 unspecified atom stereocenters. The van der Waals surface area contributed by atoms with Crippen LogP contribution in [0.25, 0.3) is 0 Å². The van der Waals surface area contributed by atoms with Crippen LogP contribution < -0.4 is 5.32 Å². The molecule has 1 fully saturated rings. The zero-order valence-corrected chi connectivity index (χ0v) is 12.5. The molecule has 0 aromatic heterocycles. The van der Waals surface area contributed by atoms with Gasteiger partial charge in [-0.15, -0.1) is 0 Å². The minimum atomic E-state index is -4.26. The SMILES string of the molecule is CSC1CCCC1NC(C)c1ccc(C(F)(F)F)cc1. The maximum atomic E-state index is 12.5. The van der Waals surface area contributed by atoms with Crippen LogP contribution in [0.5, 0.6) is 0 Å². The van der Waals surface area contributed by atoms with Gasteiger partial charge in [0.05, 0.1) is 5.56 Å². The van der Waals surface area contributed by atoms with E-state index in [9.17, 15) is 13.2 Å². The standard InChI is InChI=1S/C15H20F3NS/c1-10(19-13-4-3-5-14(13)20-2)11-6-8-12(9-7-11)15(16,17)18/h6-10,13-14,19H,3-5H2,1-2H3. The van der Waals surface area contributed by atoms with Gasteiger partial charge in [0, 0.05) is 17.3 Å². The lowest BCUT2D eigenvalue weighted by molar-refractivity contribution is -0.137. The lowest BCUT2D eigenvalue weighted by Crippen LogP contribution is -2.35. The highest BCUT2D eigenvalue weighted by atomic mass is 32.2. The molecule has 1 aromatic rings. The van der Waals surface area contributed by atoms with E-state index in [2.05, 4.69) is 11.6 Å². The number of halogens is 3. The number of hydrogen-bond acceptors (Lipinski definition) is 2. The van der Waals surface area contributed by atoms with Crippen LogP contribution in [0, 0.1) is 0 Å². The first kappa shape index (κ1) is 15.7. The van der Waals surface area contributed by atoms with Gasteiger partial charge in [-0.2, -0.15) is 24.9 Å². The van der Waals surface area contributed by atoms with Gasteiger partial charge in [0.15, 0.2) is 0 Å². The van der Waals surface area contributed by atoms with E-state index < -0.39 is 11.7 Å². The second-order valence-corrected chi connectivity index (χ2v) is 6.40. The molecule has 0 saturated heterocycles. The Morgan fingerprint density at radius 2 is 1.85 bits per heavy atom. The Morgan fingerprint density at radius 1 is 1.20 bits per heavy atom. The Morgan fingerprint density at radius 3 is 2.40 bits per heavy atom. The molecule has 0 bridgehead atoms. The first-order valence-electron chi connectivity index (χ1n) is 6.88. The molecule has 1 nitrogen and oxygen atoms in total. The van der Waals surface area contributed by atoms with Gasteiger partial charge in [0.2, 0.25) is 0 Å². The van der Waals surface area contributed by atoms with Crippen molar-refractivity contribution in [2.24, 2.45) is 0 Å². The molecule has 1 aliphatic carbocycles. The van der Waals surface area contributed by atoms with Crippen molar-refractivity contribution < 1.29 is 13.2 Å². The fourth-order valence-corrected chi connectivity index (χ4v) is 3.72. The lowest BCUT2D eigenvalue weighted by Gasteiger charge is -2.24. The van der Waals surface area contributed by atoms with Gasteiger partial charge < -0.3 is 5.32 Å². The molecular weight excluding hydrogens is 283 g/mol. The normalized spacial score (nSPS) is 24.9. The zero-order valence-electron chi connectivity index (χ0n) is 11.7. The summed E-state index contributed by atoms with van der Waals surface area (Å²) >= 11 is 1.87. The van der Waals surface area contributed by atoms with Gasteiger partial charge in [-0.3, -0.25) is 0 Å². The van der Waals surface area contributed by atoms with Gasteiger partial charge in [-0.1, -0.05) is 18.6 Å². The van der Waals surface area contributed by atoms with E-state index in [0.29, 0.717) is 11.3 Å². The molecule has 20 heavy (non-hydrogen) atoms. The molecule has 0 heterocycles. The summed E-state index contributed by atoms with van der Waals surface area (Å²) in [6.45, 7) is 2.01. The highest BCUT2D eigenvalue weighted by Gasteiger charge is 2.31. The highest BCUT2D eigenvalue weighted by molar-refractivity contribution is 7.99. The summed E-state index contributed by atoms with van der Waals surface area (Å²) in [4.78, 5) is 0. The summed E-state index contributed by atoms with van der Waals surface area (Å²) < 4.78 is 37.6. The van der Waals surface area contributed by atoms with E-state index in [0.717, 1.165) is 24.1 Å². The van der Waals surface area contributed by atoms with Crippen LogP contribution in [0.3, 0.4) is 0 Å². The average molecular weight is 303 g/mol. The number of nitrogens with one attached hydrogen (secondary N) is 1. The first-order chi connectivity index (χ1) is 9.41. The number of rotatable bonds is 4. The van der Waals surface area contributed by atoms with Gasteiger partial charge in [0.1, 0.15) is 0 Å². The van der Waals surface area contributed by atoms with E-state index in [1.807, 2.05) is 18.7 Å². The van der Waals surface area contributed by atoms with Crippen molar-refractivity contribution in [3.05, 3.63) is 35.4 Å². The molecule has 5 heteroatoms. The summed E-state index contributed by atoms with van der Waals surface area (Å²) in [6.07, 6.45) is 1.45. The third-order valence-electron chi connectivity index (χ3n) is 3.96. The minimum Gasteiger partial charge on any atom is -0.306 e. The summed E-state index contributed by atoms with van der Waals surface area (Å²) in [5.74, 6) is 0. The molecule has 2 rings (SSSR count). The lowest BCUT2D eigenvalue weighted by atomic mass is 10.0. The summed E-state index contributed by atoms with van der Waals surface area (Å²) in [5, 5.41) is 4.17. The Labute approximate surface area is 122 Å². The molecule has 0 radical (unpaired) electrons. The second-order valence-electron chi connectivity index (χ2n) is 5.32. The van der Waals surface area contributed by atoms with Crippen molar-refractivity contribution in [1.82, 2.24) is 5.32 Å². The Hall–Kier alpha value is -0.680. The maximum absolute atomic E-state index is 12.5. The Kier molecular flexibility index (Phi) is 5.02.